The number of aryl methyl sites for hydroxylation is 1. The number of aliphatic hydroxyl groups excluding tert-OH is 1. The number of rotatable bonds is 4. The molecule has 0 spiro atoms. The summed E-state index contributed by atoms with van der Waals surface area (Å²) in [5, 5.41) is 11.5. The summed E-state index contributed by atoms with van der Waals surface area (Å²) in [6, 6.07) is 8.70. The molecule has 1 aliphatic heterocycles. The van der Waals surface area contributed by atoms with Crippen molar-refractivity contribution in [3.8, 4) is 5.75 Å². The third-order valence-corrected chi connectivity index (χ3v) is 5.35. The zero-order chi connectivity index (χ0) is 19.8. The molecule has 4 rings (SSSR count). The molecule has 1 aromatic carbocycles. The summed E-state index contributed by atoms with van der Waals surface area (Å²) < 4.78 is 6.80. The average molecular weight is 401 g/mol. The Morgan fingerprint density at radius 2 is 2.11 bits per heavy atom. The Morgan fingerprint density at radius 1 is 1.29 bits per heavy atom. The van der Waals surface area contributed by atoms with Gasteiger partial charge in [-0.2, -0.15) is 4.98 Å². The van der Waals surface area contributed by atoms with Gasteiger partial charge in [-0.05, 0) is 43.5 Å². The van der Waals surface area contributed by atoms with E-state index in [4.69, 9.17) is 16.3 Å². The van der Waals surface area contributed by atoms with Crippen molar-refractivity contribution in [3.63, 3.8) is 0 Å². The van der Waals surface area contributed by atoms with Crippen LogP contribution < -0.4 is 15.2 Å². The van der Waals surface area contributed by atoms with Gasteiger partial charge in [-0.3, -0.25) is 9.36 Å². The van der Waals surface area contributed by atoms with Gasteiger partial charge in [0.1, 0.15) is 17.6 Å². The van der Waals surface area contributed by atoms with Crippen molar-refractivity contribution in [3.05, 3.63) is 57.0 Å². The summed E-state index contributed by atoms with van der Waals surface area (Å²) in [7, 11) is 1.56. The Hall–Kier alpha value is -2.64. The van der Waals surface area contributed by atoms with E-state index in [-0.39, 0.29) is 5.56 Å². The molecule has 3 aromatic rings. The number of aliphatic hydroxyl groups is 1. The minimum atomic E-state index is -0.596. The molecule has 8 heteroatoms. The normalized spacial score (nSPS) is 16.7. The molecule has 0 unspecified atom stereocenters. The van der Waals surface area contributed by atoms with Gasteiger partial charge in [0, 0.05) is 18.0 Å². The molecule has 0 amide bonds. The van der Waals surface area contributed by atoms with Gasteiger partial charge in [0.25, 0.3) is 5.56 Å². The van der Waals surface area contributed by atoms with Gasteiger partial charge in [-0.15, -0.1) is 0 Å². The van der Waals surface area contributed by atoms with Crippen LogP contribution in [0.2, 0.25) is 5.02 Å². The number of ether oxygens (including phenoxy) is 1. The molecule has 28 heavy (non-hydrogen) atoms. The Balaban J connectivity index is 1.83. The maximum absolute atomic E-state index is 12.6. The van der Waals surface area contributed by atoms with Crippen molar-refractivity contribution >= 4 is 28.6 Å². The number of methoxy groups -OCH3 is 1. The predicted octanol–water partition coefficient (Wildman–Crippen LogP) is 2.73. The first-order chi connectivity index (χ1) is 13.5. The van der Waals surface area contributed by atoms with Crippen LogP contribution in [0, 0.1) is 6.92 Å². The zero-order valence-electron chi connectivity index (χ0n) is 15.7. The number of anilines is 1. The second kappa shape index (κ2) is 7.41. The van der Waals surface area contributed by atoms with E-state index < -0.39 is 6.23 Å². The molecule has 0 radical (unpaired) electrons. The number of aromatic nitrogens is 3. The van der Waals surface area contributed by atoms with Crippen LogP contribution in [0.5, 0.6) is 5.75 Å². The van der Waals surface area contributed by atoms with E-state index in [0.29, 0.717) is 41.9 Å². The molecule has 1 N–H and O–H groups in total. The minimum absolute atomic E-state index is 0.162. The first-order valence-corrected chi connectivity index (χ1v) is 9.51. The fourth-order valence-corrected chi connectivity index (χ4v) is 3.84. The van der Waals surface area contributed by atoms with E-state index in [0.717, 1.165) is 23.1 Å². The molecule has 3 heterocycles. The number of fused-ring (bicyclic) bond motifs is 1. The Morgan fingerprint density at radius 3 is 2.79 bits per heavy atom. The van der Waals surface area contributed by atoms with E-state index in [9.17, 15) is 9.90 Å². The number of halogens is 1. The maximum atomic E-state index is 12.6. The standard InChI is InChI=1S/C20H21ClN4O3/c1-12-14-6-8-18(27)25(11-13-5-7-16(28-2)15(21)10-13)19(14)23-20(22-12)24-9-3-4-17(24)26/h5-8,10,17,26H,3-4,9,11H2,1-2H3/t17-/m0/s1. The van der Waals surface area contributed by atoms with Crippen LogP contribution in [0.15, 0.2) is 35.1 Å². The van der Waals surface area contributed by atoms with Crippen molar-refractivity contribution in [1.29, 1.82) is 0 Å². The van der Waals surface area contributed by atoms with E-state index >= 15 is 0 Å². The number of hydrogen-bond acceptors (Lipinski definition) is 6. The molecule has 1 fully saturated rings. The van der Waals surface area contributed by atoms with Crippen molar-refractivity contribution in [2.45, 2.75) is 32.5 Å². The molecule has 7 nitrogen and oxygen atoms in total. The van der Waals surface area contributed by atoms with Crippen molar-refractivity contribution < 1.29 is 9.84 Å². The highest BCUT2D eigenvalue weighted by atomic mass is 35.5. The molecule has 1 saturated heterocycles. The first-order valence-electron chi connectivity index (χ1n) is 9.13. The molecular formula is C20H21ClN4O3. The van der Waals surface area contributed by atoms with Gasteiger partial charge in [0.2, 0.25) is 5.95 Å². The topological polar surface area (TPSA) is 80.5 Å². The van der Waals surface area contributed by atoms with Crippen LogP contribution in [0.4, 0.5) is 5.95 Å². The fourth-order valence-electron chi connectivity index (χ4n) is 3.56. The highest BCUT2D eigenvalue weighted by Crippen LogP contribution is 2.27. The lowest BCUT2D eigenvalue weighted by atomic mass is 10.2. The average Bonchev–Trinajstić information content (AvgIpc) is 3.10. The highest BCUT2D eigenvalue weighted by molar-refractivity contribution is 6.32. The number of hydrogen-bond donors (Lipinski definition) is 1. The summed E-state index contributed by atoms with van der Waals surface area (Å²) in [6.45, 7) is 2.89. The molecule has 0 saturated carbocycles. The van der Waals surface area contributed by atoms with E-state index in [1.807, 2.05) is 13.0 Å². The Kier molecular flexibility index (Phi) is 4.95. The lowest BCUT2D eigenvalue weighted by Gasteiger charge is -2.21. The summed E-state index contributed by atoms with van der Waals surface area (Å²) >= 11 is 6.23. The number of benzene rings is 1. The quantitative estimate of drug-likeness (QED) is 0.725. The summed E-state index contributed by atoms with van der Waals surface area (Å²) in [5.74, 6) is 1.03. The van der Waals surface area contributed by atoms with Gasteiger partial charge in [0.15, 0.2) is 0 Å². The summed E-state index contributed by atoms with van der Waals surface area (Å²) in [4.78, 5) is 23.6. The SMILES string of the molecule is COc1ccc(Cn2c(=O)ccc3c(C)nc(N4CCC[C@@H]4O)nc32)cc1Cl. The van der Waals surface area contributed by atoms with Gasteiger partial charge in [-0.1, -0.05) is 17.7 Å². The molecular weight excluding hydrogens is 380 g/mol. The van der Waals surface area contributed by atoms with E-state index in [1.54, 1.807) is 34.8 Å². The molecule has 0 bridgehead atoms. The van der Waals surface area contributed by atoms with Gasteiger partial charge in [-0.25, -0.2) is 4.98 Å². The molecule has 1 atom stereocenters. The fraction of sp³-hybridized carbons (Fsp3) is 0.350. The van der Waals surface area contributed by atoms with Crippen molar-refractivity contribution in [1.82, 2.24) is 14.5 Å². The summed E-state index contributed by atoms with van der Waals surface area (Å²) in [5.41, 5.74) is 2.01. The van der Waals surface area contributed by atoms with Gasteiger partial charge >= 0.3 is 0 Å². The first kappa shape index (κ1) is 18.7. The lowest BCUT2D eigenvalue weighted by Crippen LogP contribution is -2.31. The largest absolute Gasteiger partial charge is 0.495 e. The molecule has 0 aliphatic carbocycles. The molecule has 146 valence electrons. The maximum Gasteiger partial charge on any atom is 0.252 e. The van der Waals surface area contributed by atoms with Crippen LogP contribution in [0.1, 0.15) is 24.1 Å². The van der Waals surface area contributed by atoms with E-state index in [1.165, 1.54) is 6.07 Å². The third-order valence-electron chi connectivity index (χ3n) is 5.05. The van der Waals surface area contributed by atoms with Gasteiger partial charge in [0.05, 0.1) is 24.4 Å². The second-order valence-corrected chi connectivity index (χ2v) is 7.30. The van der Waals surface area contributed by atoms with Crippen LogP contribution in [-0.2, 0) is 6.54 Å². The third kappa shape index (κ3) is 3.31. The van der Waals surface area contributed by atoms with Crippen LogP contribution in [0.25, 0.3) is 11.0 Å². The monoisotopic (exact) mass is 400 g/mol. The predicted molar refractivity (Wildman–Crippen MR) is 108 cm³/mol. The summed E-state index contributed by atoms with van der Waals surface area (Å²) in [6.07, 6.45) is 0.973. The zero-order valence-corrected chi connectivity index (χ0v) is 16.5. The number of pyridine rings is 1. The highest BCUT2D eigenvalue weighted by Gasteiger charge is 2.25. The number of nitrogens with zero attached hydrogens (tertiary/aromatic N) is 4. The Labute approximate surface area is 167 Å². The van der Waals surface area contributed by atoms with E-state index in [2.05, 4.69) is 9.97 Å². The van der Waals surface area contributed by atoms with Crippen LogP contribution in [-0.4, -0.2) is 39.5 Å². The van der Waals surface area contributed by atoms with Gasteiger partial charge < -0.3 is 14.7 Å². The molecule has 1 aliphatic rings. The van der Waals surface area contributed by atoms with Crippen LogP contribution >= 0.6 is 11.6 Å². The van der Waals surface area contributed by atoms with Crippen molar-refractivity contribution in [2.24, 2.45) is 0 Å². The second-order valence-electron chi connectivity index (χ2n) is 6.89. The smallest absolute Gasteiger partial charge is 0.252 e. The Bertz CT molecular complexity index is 1100. The minimum Gasteiger partial charge on any atom is -0.495 e. The molecule has 2 aromatic heterocycles. The lowest BCUT2D eigenvalue weighted by molar-refractivity contribution is 0.184. The van der Waals surface area contributed by atoms with Crippen LogP contribution in [0.3, 0.4) is 0 Å². The van der Waals surface area contributed by atoms with Crippen molar-refractivity contribution in [2.75, 3.05) is 18.6 Å².